The fourth-order valence-corrected chi connectivity index (χ4v) is 3.19. The quantitative estimate of drug-likeness (QED) is 0.789. The third-order valence-electron chi connectivity index (χ3n) is 4.37. The molecule has 1 aromatic carbocycles. The van der Waals surface area contributed by atoms with Crippen molar-refractivity contribution in [2.75, 3.05) is 18.4 Å². The van der Waals surface area contributed by atoms with Gasteiger partial charge in [-0.05, 0) is 61.8 Å². The van der Waals surface area contributed by atoms with Gasteiger partial charge in [0.1, 0.15) is 0 Å². The van der Waals surface area contributed by atoms with Gasteiger partial charge >= 0.3 is 0 Å². The monoisotopic (exact) mass is 274 g/mol. The van der Waals surface area contributed by atoms with Crippen LogP contribution in [0.2, 0.25) is 0 Å². The maximum atomic E-state index is 12.2. The van der Waals surface area contributed by atoms with Gasteiger partial charge in [-0.25, -0.2) is 0 Å². The van der Waals surface area contributed by atoms with Crippen LogP contribution in [0.25, 0.3) is 0 Å². The molecule has 0 bridgehead atoms. The summed E-state index contributed by atoms with van der Waals surface area (Å²) in [6, 6.07) is 5.89. The van der Waals surface area contributed by atoms with E-state index in [4.69, 9.17) is 0 Å². The molecule has 1 heterocycles. The first kappa shape index (κ1) is 13.4. The first-order valence-electron chi connectivity index (χ1n) is 7.55. The van der Waals surface area contributed by atoms with Crippen LogP contribution in [0.5, 0.6) is 0 Å². The van der Waals surface area contributed by atoms with Crippen molar-refractivity contribution in [1.82, 2.24) is 5.32 Å². The van der Waals surface area contributed by atoms with Gasteiger partial charge in [0.2, 0.25) is 0 Å². The van der Waals surface area contributed by atoms with Crippen LogP contribution >= 0.6 is 0 Å². The lowest BCUT2D eigenvalue weighted by Crippen LogP contribution is -2.29. The van der Waals surface area contributed by atoms with Crippen LogP contribution in [-0.2, 0) is 6.42 Å². The second kappa shape index (κ2) is 5.83. The average Bonchev–Trinajstić information content (AvgIpc) is 2.90. The molecule has 1 saturated carbocycles. The smallest absolute Gasteiger partial charge is 0.251 e. The standard InChI is InChI=1S/C16H22N2O2/c19-14-5-3-11(8-14)10-18-16(20)13-4-6-15-12(9-13)2-1-7-17-15/h4,6,9,11,14,17,19H,1-3,5,7-8,10H2,(H,18,20). The van der Waals surface area contributed by atoms with Crippen molar-refractivity contribution >= 4 is 11.6 Å². The molecule has 1 amide bonds. The van der Waals surface area contributed by atoms with Crippen LogP contribution in [0, 0.1) is 5.92 Å². The molecule has 108 valence electrons. The van der Waals surface area contributed by atoms with E-state index in [1.165, 1.54) is 5.56 Å². The number of benzene rings is 1. The molecule has 0 aromatic heterocycles. The van der Waals surface area contributed by atoms with Crippen LogP contribution < -0.4 is 10.6 Å². The Morgan fingerprint density at radius 1 is 1.40 bits per heavy atom. The number of fused-ring (bicyclic) bond motifs is 1. The predicted molar refractivity (Wildman–Crippen MR) is 78.9 cm³/mol. The van der Waals surface area contributed by atoms with Gasteiger partial charge in [-0.15, -0.1) is 0 Å². The van der Waals surface area contributed by atoms with E-state index in [1.807, 2.05) is 18.2 Å². The third kappa shape index (κ3) is 2.96. The molecule has 1 fully saturated rings. The largest absolute Gasteiger partial charge is 0.393 e. The molecule has 1 aromatic rings. The van der Waals surface area contributed by atoms with E-state index >= 15 is 0 Å². The fraction of sp³-hybridized carbons (Fsp3) is 0.562. The number of hydrogen-bond acceptors (Lipinski definition) is 3. The molecule has 3 rings (SSSR count). The highest BCUT2D eigenvalue weighted by atomic mass is 16.3. The first-order valence-corrected chi connectivity index (χ1v) is 7.55. The molecule has 0 radical (unpaired) electrons. The van der Waals surface area contributed by atoms with Gasteiger partial charge in [0.05, 0.1) is 6.10 Å². The van der Waals surface area contributed by atoms with Gasteiger partial charge in [-0.3, -0.25) is 4.79 Å². The van der Waals surface area contributed by atoms with E-state index in [1.54, 1.807) is 0 Å². The molecule has 4 nitrogen and oxygen atoms in total. The number of rotatable bonds is 3. The molecule has 2 aliphatic rings. The molecule has 20 heavy (non-hydrogen) atoms. The summed E-state index contributed by atoms with van der Waals surface area (Å²) in [4.78, 5) is 12.2. The highest BCUT2D eigenvalue weighted by molar-refractivity contribution is 5.95. The molecule has 3 N–H and O–H groups in total. The number of anilines is 1. The number of aliphatic hydroxyl groups is 1. The first-order chi connectivity index (χ1) is 9.72. The number of amides is 1. The lowest BCUT2D eigenvalue weighted by molar-refractivity contribution is 0.0945. The Kier molecular flexibility index (Phi) is 3.92. The Labute approximate surface area is 119 Å². The fourth-order valence-electron chi connectivity index (χ4n) is 3.19. The molecule has 0 spiro atoms. The Bertz CT molecular complexity index is 501. The minimum Gasteiger partial charge on any atom is -0.393 e. The third-order valence-corrected chi connectivity index (χ3v) is 4.37. The summed E-state index contributed by atoms with van der Waals surface area (Å²) < 4.78 is 0. The van der Waals surface area contributed by atoms with Crippen LogP contribution in [-0.4, -0.2) is 30.2 Å². The van der Waals surface area contributed by atoms with Gasteiger partial charge in [0.25, 0.3) is 5.91 Å². The molecule has 2 unspecified atom stereocenters. The summed E-state index contributed by atoms with van der Waals surface area (Å²) in [7, 11) is 0. The minimum absolute atomic E-state index is 0.000219. The van der Waals surface area contributed by atoms with Crippen LogP contribution in [0.4, 0.5) is 5.69 Å². The second-order valence-electron chi connectivity index (χ2n) is 5.95. The van der Waals surface area contributed by atoms with Crippen molar-refractivity contribution in [3.8, 4) is 0 Å². The minimum atomic E-state index is -0.174. The lowest BCUT2D eigenvalue weighted by Gasteiger charge is -2.18. The number of nitrogens with one attached hydrogen (secondary N) is 2. The average molecular weight is 274 g/mol. The van der Waals surface area contributed by atoms with Crippen molar-refractivity contribution in [3.63, 3.8) is 0 Å². The van der Waals surface area contributed by atoms with E-state index in [9.17, 15) is 9.90 Å². The number of carbonyl (C=O) groups excluding carboxylic acids is 1. The molecule has 4 heteroatoms. The highest BCUT2D eigenvalue weighted by Gasteiger charge is 2.23. The number of aliphatic hydroxyl groups excluding tert-OH is 1. The Hall–Kier alpha value is -1.55. The summed E-state index contributed by atoms with van der Waals surface area (Å²) in [6.45, 7) is 1.69. The summed E-state index contributed by atoms with van der Waals surface area (Å²) in [5.74, 6) is 0.424. The Balaban J connectivity index is 1.59. The Morgan fingerprint density at radius 2 is 2.30 bits per heavy atom. The van der Waals surface area contributed by atoms with E-state index < -0.39 is 0 Å². The van der Waals surface area contributed by atoms with E-state index in [0.29, 0.717) is 12.5 Å². The van der Waals surface area contributed by atoms with Gasteiger partial charge in [-0.1, -0.05) is 0 Å². The van der Waals surface area contributed by atoms with Crippen molar-refractivity contribution in [2.45, 2.75) is 38.2 Å². The van der Waals surface area contributed by atoms with Crippen LogP contribution in [0.15, 0.2) is 18.2 Å². The highest BCUT2D eigenvalue weighted by Crippen LogP contribution is 2.25. The predicted octanol–water partition coefficient (Wildman–Crippen LogP) is 1.94. The van der Waals surface area contributed by atoms with Crippen molar-refractivity contribution in [3.05, 3.63) is 29.3 Å². The van der Waals surface area contributed by atoms with Crippen molar-refractivity contribution in [1.29, 1.82) is 0 Å². The number of aryl methyl sites for hydroxylation is 1. The normalized spacial score (nSPS) is 24.9. The zero-order valence-corrected chi connectivity index (χ0v) is 11.7. The van der Waals surface area contributed by atoms with Gasteiger partial charge in [0.15, 0.2) is 0 Å². The Morgan fingerprint density at radius 3 is 3.10 bits per heavy atom. The second-order valence-corrected chi connectivity index (χ2v) is 5.95. The maximum Gasteiger partial charge on any atom is 0.251 e. The molecule has 1 aliphatic carbocycles. The zero-order chi connectivity index (χ0) is 13.9. The van der Waals surface area contributed by atoms with E-state index in [-0.39, 0.29) is 12.0 Å². The molecular formula is C16H22N2O2. The summed E-state index contributed by atoms with van der Waals surface area (Å²) in [6.07, 6.45) is 4.68. The number of hydrogen-bond donors (Lipinski definition) is 3. The van der Waals surface area contributed by atoms with Crippen molar-refractivity contribution in [2.24, 2.45) is 5.92 Å². The van der Waals surface area contributed by atoms with Gasteiger partial charge < -0.3 is 15.7 Å². The number of carbonyl (C=O) groups is 1. The summed E-state index contributed by atoms with van der Waals surface area (Å²) in [5, 5.41) is 15.8. The van der Waals surface area contributed by atoms with Crippen LogP contribution in [0.1, 0.15) is 41.6 Å². The zero-order valence-electron chi connectivity index (χ0n) is 11.7. The molecule has 2 atom stereocenters. The lowest BCUT2D eigenvalue weighted by atomic mass is 10.0. The topological polar surface area (TPSA) is 61.4 Å². The summed E-state index contributed by atoms with van der Waals surface area (Å²) in [5.41, 5.74) is 3.14. The molecule has 1 aliphatic heterocycles. The SMILES string of the molecule is O=C(NCC1CCC(O)C1)c1ccc2c(c1)CCCN2. The summed E-state index contributed by atoms with van der Waals surface area (Å²) >= 11 is 0. The van der Waals surface area contributed by atoms with Crippen LogP contribution in [0.3, 0.4) is 0 Å². The van der Waals surface area contributed by atoms with Crippen molar-refractivity contribution < 1.29 is 9.90 Å². The van der Waals surface area contributed by atoms with E-state index in [0.717, 1.165) is 49.9 Å². The van der Waals surface area contributed by atoms with Gasteiger partial charge in [-0.2, -0.15) is 0 Å². The molecular weight excluding hydrogens is 252 g/mol. The van der Waals surface area contributed by atoms with Gasteiger partial charge in [0, 0.05) is 24.3 Å². The molecule has 0 saturated heterocycles. The maximum absolute atomic E-state index is 12.2. The van der Waals surface area contributed by atoms with E-state index in [2.05, 4.69) is 10.6 Å².